The van der Waals surface area contributed by atoms with Crippen LogP contribution in [0.1, 0.15) is 5.69 Å². The van der Waals surface area contributed by atoms with Gasteiger partial charge >= 0.3 is 0 Å². The smallest absolute Gasteiger partial charge is 0.177 e. The van der Waals surface area contributed by atoms with Gasteiger partial charge in [0.2, 0.25) is 5.65 Å². The van der Waals surface area contributed by atoms with Crippen LogP contribution in [-0.2, 0) is 0 Å². The van der Waals surface area contributed by atoms with Crippen LogP contribution in [0.15, 0.2) is 0 Å². The summed E-state index contributed by atoms with van der Waals surface area (Å²) in [6, 6.07) is 0. The fourth-order valence-corrected chi connectivity index (χ4v) is 0.920. The number of halogens is 1. The van der Waals surface area contributed by atoms with E-state index in [2.05, 4.69) is 20.6 Å². The SMILES string of the molecule is Cc1nn2[nH]nnc2c1Cl. The van der Waals surface area contributed by atoms with Crippen LogP contribution < -0.4 is 0 Å². The predicted octanol–water partition coefficient (Wildman–Crippen LogP) is 0.414. The second kappa shape index (κ2) is 1.69. The second-order valence-electron chi connectivity index (χ2n) is 1.93. The third-order valence-electron chi connectivity index (χ3n) is 1.25. The van der Waals surface area contributed by atoms with Crippen LogP contribution in [0.3, 0.4) is 0 Å². The Morgan fingerprint density at radius 1 is 1.60 bits per heavy atom. The highest BCUT2D eigenvalue weighted by atomic mass is 35.5. The van der Waals surface area contributed by atoms with E-state index in [4.69, 9.17) is 11.6 Å². The molecule has 0 saturated carbocycles. The number of hydrogen-bond acceptors (Lipinski definition) is 3. The molecule has 2 rings (SSSR count). The molecule has 0 aromatic carbocycles. The van der Waals surface area contributed by atoms with E-state index in [-0.39, 0.29) is 0 Å². The highest BCUT2D eigenvalue weighted by Gasteiger charge is 2.07. The van der Waals surface area contributed by atoms with E-state index in [1.807, 2.05) is 6.92 Å². The fourth-order valence-electron chi connectivity index (χ4n) is 0.764. The van der Waals surface area contributed by atoms with Gasteiger partial charge in [-0.05, 0) is 12.1 Å². The second-order valence-corrected chi connectivity index (χ2v) is 2.31. The number of fused-ring (bicyclic) bond motifs is 1. The molecule has 1 N–H and O–H groups in total. The number of rotatable bonds is 0. The lowest BCUT2D eigenvalue weighted by atomic mass is 10.5. The van der Waals surface area contributed by atoms with Gasteiger partial charge in [0.1, 0.15) is 5.02 Å². The van der Waals surface area contributed by atoms with Crippen molar-refractivity contribution in [3.05, 3.63) is 10.7 Å². The number of aromatic nitrogens is 5. The lowest BCUT2D eigenvalue weighted by Gasteiger charge is -1.76. The molecule has 52 valence electrons. The topological polar surface area (TPSA) is 58.9 Å². The number of tetrazole rings is 1. The molecule has 10 heavy (non-hydrogen) atoms. The molecular weight excluding hydrogens is 154 g/mol. The number of hydrogen-bond donors (Lipinski definition) is 1. The van der Waals surface area contributed by atoms with Crippen molar-refractivity contribution in [2.45, 2.75) is 6.92 Å². The van der Waals surface area contributed by atoms with Crippen LogP contribution in [-0.4, -0.2) is 25.3 Å². The van der Waals surface area contributed by atoms with Gasteiger partial charge < -0.3 is 0 Å². The summed E-state index contributed by atoms with van der Waals surface area (Å²) in [6.07, 6.45) is 0. The maximum atomic E-state index is 5.78. The van der Waals surface area contributed by atoms with Crippen LogP contribution in [0.5, 0.6) is 0 Å². The van der Waals surface area contributed by atoms with Gasteiger partial charge in [0.25, 0.3) is 0 Å². The molecule has 0 aliphatic carbocycles. The summed E-state index contributed by atoms with van der Waals surface area (Å²) in [4.78, 5) is 0. The van der Waals surface area contributed by atoms with Crippen LogP contribution in [0, 0.1) is 6.92 Å². The highest BCUT2D eigenvalue weighted by Crippen LogP contribution is 2.16. The summed E-state index contributed by atoms with van der Waals surface area (Å²) in [5.74, 6) is 0. The molecule has 0 amide bonds. The summed E-state index contributed by atoms with van der Waals surface area (Å²) in [7, 11) is 0. The average molecular weight is 158 g/mol. The minimum Gasteiger partial charge on any atom is -0.177 e. The molecule has 2 aromatic heterocycles. The Morgan fingerprint density at radius 2 is 2.40 bits per heavy atom. The van der Waals surface area contributed by atoms with E-state index in [0.717, 1.165) is 5.69 Å². The Balaban J connectivity index is 2.95. The molecule has 0 unspecified atom stereocenters. The van der Waals surface area contributed by atoms with Crippen molar-refractivity contribution >= 4 is 17.2 Å². The first-order valence-corrected chi connectivity index (χ1v) is 3.08. The minimum atomic E-state index is 0.550. The van der Waals surface area contributed by atoms with E-state index in [0.29, 0.717) is 10.7 Å². The molecule has 0 aliphatic heterocycles. The summed E-state index contributed by atoms with van der Waals surface area (Å²) in [5.41, 5.74) is 1.32. The molecule has 2 heterocycles. The van der Waals surface area contributed by atoms with Gasteiger partial charge in [0, 0.05) is 0 Å². The van der Waals surface area contributed by atoms with Crippen molar-refractivity contribution in [3.8, 4) is 0 Å². The van der Waals surface area contributed by atoms with Crippen molar-refractivity contribution in [3.63, 3.8) is 0 Å². The first kappa shape index (κ1) is 5.67. The zero-order valence-corrected chi connectivity index (χ0v) is 5.92. The van der Waals surface area contributed by atoms with Crippen molar-refractivity contribution in [1.29, 1.82) is 0 Å². The van der Waals surface area contributed by atoms with E-state index in [1.165, 1.54) is 4.63 Å². The maximum absolute atomic E-state index is 5.78. The third-order valence-corrected chi connectivity index (χ3v) is 1.69. The van der Waals surface area contributed by atoms with Crippen LogP contribution >= 0.6 is 11.6 Å². The van der Waals surface area contributed by atoms with Gasteiger partial charge in [-0.1, -0.05) is 11.6 Å². The molecule has 0 fully saturated rings. The van der Waals surface area contributed by atoms with Crippen LogP contribution in [0.2, 0.25) is 5.02 Å². The molecule has 2 aromatic rings. The number of aryl methyl sites for hydroxylation is 1. The van der Waals surface area contributed by atoms with Gasteiger partial charge in [-0.15, -0.1) is 9.73 Å². The van der Waals surface area contributed by atoms with Crippen molar-refractivity contribution < 1.29 is 0 Å². The lowest BCUT2D eigenvalue weighted by Crippen LogP contribution is -1.86. The first-order valence-electron chi connectivity index (χ1n) is 2.71. The molecule has 5 nitrogen and oxygen atoms in total. The Bertz CT molecular complexity index is 360. The Hall–Kier alpha value is -1.10. The van der Waals surface area contributed by atoms with Crippen LogP contribution in [0.25, 0.3) is 5.65 Å². The quantitative estimate of drug-likeness (QED) is 0.603. The molecule has 0 radical (unpaired) electrons. The van der Waals surface area contributed by atoms with Crippen molar-refractivity contribution in [1.82, 2.24) is 25.3 Å². The number of H-pyrrole nitrogens is 1. The molecule has 6 heteroatoms. The third kappa shape index (κ3) is 0.550. The van der Waals surface area contributed by atoms with E-state index >= 15 is 0 Å². The molecule has 0 bridgehead atoms. The standard InChI is InChI=1S/C4H4ClN5/c1-2-3(5)4-6-8-9-10(4)7-2/h1H3,(H,6,9). The molecule has 0 aliphatic rings. The average Bonchev–Trinajstić information content (AvgIpc) is 2.41. The first-order chi connectivity index (χ1) is 4.79. The summed E-state index contributed by atoms with van der Waals surface area (Å²) in [5, 5.41) is 14.3. The monoisotopic (exact) mass is 157 g/mol. The highest BCUT2D eigenvalue weighted by molar-refractivity contribution is 6.34. The summed E-state index contributed by atoms with van der Waals surface area (Å²) < 4.78 is 1.43. The Kier molecular flexibility index (Phi) is 0.960. The van der Waals surface area contributed by atoms with E-state index < -0.39 is 0 Å². The number of nitrogens with one attached hydrogen (secondary N) is 1. The van der Waals surface area contributed by atoms with Crippen molar-refractivity contribution in [2.24, 2.45) is 0 Å². The van der Waals surface area contributed by atoms with E-state index in [1.54, 1.807) is 0 Å². The largest absolute Gasteiger partial charge is 0.217 e. The van der Waals surface area contributed by atoms with Gasteiger partial charge in [0.05, 0.1) is 5.69 Å². The van der Waals surface area contributed by atoms with Crippen molar-refractivity contribution in [2.75, 3.05) is 0 Å². The zero-order chi connectivity index (χ0) is 7.14. The molecule has 0 atom stereocenters. The number of nitrogens with zero attached hydrogens (tertiary/aromatic N) is 4. The predicted molar refractivity (Wildman–Crippen MR) is 34.9 cm³/mol. The normalized spacial score (nSPS) is 11.0. The van der Waals surface area contributed by atoms with Gasteiger partial charge in [0.15, 0.2) is 0 Å². The molecule has 0 spiro atoms. The Labute approximate surface area is 61.0 Å². The maximum Gasteiger partial charge on any atom is 0.217 e. The summed E-state index contributed by atoms with van der Waals surface area (Å²) in [6.45, 7) is 1.81. The molecular formula is C4H4ClN5. The van der Waals surface area contributed by atoms with Gasteiger partial charge in [-0.3, -0.25) is 0 Å². The van der Waals surface area contributed by atoms with Crippen LogP contribution in [0.4, 0.5) is 0 Å². The summed E-state index contributed by atoms with van der Waals surface area (Å²) >= 11 is 5.78. The fraction of sp³-hybridized carbons (Fsp3) is 0.250. The lowest BCUT2D eigenvalue weighted by molar-refractivity contribution is 0.734. The zero-order valence-electron chi connectivity index (χ0n) is 5.17. The van der Waals surface area contributed by atoms with E-state index in [9.17, 15) is 0 Å². The van der Waals surface area contributed by atoms with Gasteiger partial charge in [-0.2, -0.15) is 10.3 Å². The Morgan fingerprint density at radius 3 is 3.10 bits per heavy atom. The minimum absolute atomic E-state index is 0.550. The molecule has 0 saturated heterocycles. The van der Waals surface area contributed by atoms with Gasteiger partial charge in [-0.25, -0.2) is 0 Å². The number of aromatic amines is 1.